The van der Waals surface area contributed by atoms with Crippen molar-refractivity contribution in [2.45, 2.75) is 20.8 Å². The molecule has 0 aliphatic heterocycles. The number of benzene rings is 1. The average Bonchev–Trinajstić information content (AvgIpc) is 2.28. The third-order valence-electron chi connectivity index (χ3n) is 2.09. The number of aromatic nitrogens is 1. The van der Waals surface area contributed by atoms with Crippen molar-refractivity contribution in [3.8, 4) is 0 Å². The molecule has 2 aromatic rings. The molecule has 0 saturated carbocycles. The van der Waals surface area contributed by atoms with Crippen LogP contribution in [0, 0.1) is 20.8 Å². The SMILES string of the molecule is Cc1ccc(C)cc1.Cc1ccc(Cl)nc1. The summed E-state index contributed by atoms with van der Waals surface area (Å²) in [5, 5.41) is 0.551. The van der Waals surface area contributed by atoms with Gasteiger partial charge in [0.25, 0.3) is 0 Å². The van der Waals surface area contributed by atoms with E-state index in [0.717, 1.165) is 5.56 Å². The van der Waals surface area contributed by atoms with Crippen molar-refractivity contribution in [2.75, 3.05) is 0 Å². The summed E-state index contributed by atoms with van der Waals surface area (Å²) in [6.45, 7) is 6.17. The zero-order valence-corrected chi connectivity index (χ0v) is 10.6. The minimum atomic E-state index is 0.551. The van der Waals surface area contributed by atoms with Crippen LogP contribution in [0.15, 0.2) is 42.6 Å². The van der Waals surface area contributed by atoms with E-state index in [1.165, 1.54) is 11.1 Å². The zero-order valence-electron chi connectivity index (χ0n) is 9.87. The molecule has 0 radical (unpaired) electrons. The molecule has 2 rings (SSSR count). The summed E-state index contributed by atoms with van der Waals surface area (Å²) in [4.78, 5) is 3.84. The van der Waals surface area contributed by atoms with Gasteiger partial charge in [-0.3, -0.25) is 0 Å². The van der Waals surface area contributed by atoms with Crippen LogP contribution in [0.2, 0.25) is 5.15 Å². The van der Waals surface area contributed by atoms with Crippen LogP contribution in [-0.4, -0.2) is 4.98 Å². The summed E-state index contributed by atoms with van der Waals surface area (Å²) in [5.41, 5.74) is 3.79. The Bertz CT molecular complexity index is 332. The van der Waals surface area contributed by atoms with Crippen molar-refractivity contribution >= 4 is 11.6 Å². The monoisotopic (exact) mass is 233 g/mol. The fraction of sp³-hybridized carbons (Fsp3) is 0.214. The first kappa shape index (κ1) is 12.7. The molecule has 0 unspecified atom stereocenters. The third-order valence-corrected chi connectivity index (χ3v) is 2.32. The van der Waals surface area contributed by atoms with Gasteiger partial charge >= 0.3 is 0 Å². The topological polar surface area (TPSA) is 12.9 Å². The summed E-state index contributed by atoms with van der Waals surface area (Å²) < 4.78 is 0. The van der Waals surface area contributed by atoms with E-state index in [1.54, 1.807) is 12.3 Å². The molecule has 84 valence electrons. The Balaban J connectivity index is 0.000000160. The van der Waals surface area contributed by atoms with Crippen molar-refractivity contribution in [1.82, 2.24) is 4.98 Å². The fourth-order valence-electron chi connectivity index (χ4n) is 1.09. The molecule has 1 nitrogen and oxygen atoms in total. The normalized spacial score (nSPS) is 9.25. The lowest BCUT2D eigenvalue weighted by Gasteiger charge is -1.90. The summed E-state index contributed by atoms with van der Waals surface area (Å²) in [6.07, 6.45) is 1.74. The maximum atomic E-state index is 5.50. The van der Waals surface area contributed by atoms with Gasteiger partial charge in [0.15, 0.2) is 0 Å². The van der Waals surface area contributed by atoms with Gasteiger partial charge in [-0.05, 0) is 32.4 Å². The van der Waals surface area contributed by atoms with Crippen LogP contribution in [0.3, 0.4) is 0 Å². The summed E-state index contributed by atoms with van der Waals surface area (Å²) in [5.74, 6) is 0. The van der Waals surface area contributed by atoms with E-state index < -0.39 is 0 Å². The van der Waals surface area contributed by atoms with Gasteiger partial charge < -0.3 is 0 Å². The van der Waals surface area contributed by atoms with E-state index in [1.807, 2.05) is 13.0 Å². The van der Waals surface area contributed by atoms with Gasteiger partial charge in [0, 0.05) is 6.20 Å². The average molecular weight is 234 g/mol. The number of aryl methyl sites for hydroxylation is 3. The molecule has 0 aliphatic rings. The molecular weight excluding hydrogens is 218 g/mol. The Hall–Kier alpha value is -1.34. The molecule has 0 atom stereocenters. The van der Waals surface area contributed by atoms with Crippen molar-refractivity contribution in [3.63, 3.8) is 0 Å². The van der Waals surface area contributed by atoms with Gasteiger partial charge in [0.05, 0.1) is 0 Å². The van der Waals surface area contributed by atoms with Crippen molar-refractivity contribution in [3.05, 3.63) is 64.4 Å². The third kappa shape index (κ3) is 4.94. The molecule has 1 aromatic heterocycles. The molecule has 16 heavy (non-hydrogen) atoms. The summed E-state index contributed by atoms with van der Waals surface area (Å²) >= 11 is 5.50. The van der Waals surface area contributed by atoms with Crippen molar-refractivity contribution < 1.29 is 0 Å². The first-order valence-corrected chi connectivity index (χ1v) is 5.57. The highest BCUT2D eigenvalue weighted by Gasteiger charge is 1.83. The number of hydrogen-bond acceptors (Lipinski definition) is 1. The van der Waals surface area contributed by atoms with Crippen molar-refractivity contribution in [1.29, 1.82) is 0 Å². The molecule has 2 heteroatoms. The van der Waals surface area contributed by atoms with E-state index in [9.17, 15) is 0 Å². The molecular formula is C14H16ClN. The van der Waals surface area contributed by atoms with E-state index in [2.05, 4.69) is 43.1 Å². The van der Waals surface area contributed by atoms with E-state index in [-0.39, 0.29) is 0 Å². The summed E-state index contributed by atoms with van der Waals surface area (Å²) in [6, 6.07) is 12.2. The van der Waals surface area contributed by atoms with Gasteiger partial charge in [0.1, 0.15) is 5.15 Å². The number of pyridine rings is 1. The second-order valence-electron chi connectivity index (χ2n) is 3.81. The van der Waals surface area contributed by atoms with Gasteiger partial charge in [-0.2, -0.15) is 0 Å². The Morgan fingerprint density at radius 3 is 1.50 bits per heavy atom. The highest BCUT2D eigenvalue weighted by atomic mass is 35.5. The quantitative estimate of drug-likeness (QED) is 0.617. The number of hydrogen-bond donors (Lipinski definition) is 0. The maximum Gasteiger partial charge on any atom is 0.129 e. The predicted octanol–water partition coefficient (Wildman–Crippen LogP) is 4.35. The lowest BCUT2D eigenvalue weighted by atomic mass is 10.2. The molecule has 0 fully saturated rings. The highest BCUT2D eigenvalue weighted by Crippen LogP contribution is 2.02. The Kier molecular flexibility index (Phi) is 5.00. The number of rotatable bonds is 0. The smallest absolute Gasteiger partial charge is 0.129 e. The molecule has 0 spiro atoms. The van der Waals surface area contributed by atoms with Crippen LogP contribution in [0.25, 0.3) is 0 Å². The van der Waals surface area contributed by atoms with Crippen LogP contribution in [-0.2, 0) is 0 Å². The second kappa shape index (κ2) is 6.29. The molecule has 0 aliphatic carbocycles. The number of halogens is 1. The fourth-order valence-corrected chi connectivity index (χ4v) is 1.20. The van der Waals surface area contributed by atoms with Crippen LogP contribution in [0.5, 0.6) is 0 Å². The lowest BCUT2D eigenvalue weighted by molar-refractivity contribution is 1.27. The van der Waals surface area contributed by atoms with Gasteiger partial charge in [-0.25, -0.2) is 4.98 Å². The van der Waals surface area contributed by atoms with E-state index in [4.69, 9.17) is 11.6 Å². The lowest BCUT2D eigenvalue weighted by Crippen LogP contribution is -1.73. The van der Waals surface area contributed by atoms with E-state index in [0.29, 0.717) is 5.15 Å². The Labute approximate surface area is 102 Å². The van der Waals surface area contributed by atoms with Gasteiger partial charge in [-0.15, -0.1) is 0 Å². The first-order valence-electron chi connectivity index (χ1n) is 5.19. The maximum absolute atomic E-state index is 5.50. The largest absolute Gasteiger partial charge is 0.244 e. The molecule has 0 N–H and O–H groups in total. The highest BCUT2D eigenvalue weighted by molar-refractivity contribution is 6.29. The van der Waals surface area contributed by atoms with Crippen LogP contribution in [0.1, 0.15) is 16.7 Å². The van der Waals surface area contributed by atoms with Crippen LogP contribution in [0.4, 0.5) is 0 Å². The minimum absolute atomic E-state index is 0.551. The summed E-state index contributed by atoms with van der Waals surface area (Å²) in [7, 11) is 0. The standard InChI is InChI=1S/C8H10.C6H6ClN/c1-7-3-5-8(2)6-4-7;1-5-2-3-6(7)8-4-5/h3-6H,1-2H3;2-4H,1H3. The Morgan fingerprint density at radius 1 is 0.750 bits per heavy atom. The Morgan fingerprint density at radius 2 is 1.19 bits per heavy atom. The molecule has 1 aromatic carbocycles. The second-order valence-corrected chi connectivity index (χ2v) is 4.20. The minimum Gasteiger partial charge on any atom is -0.244 e. The van der Waals surface area contributed by atoms with Crippen LogP contribution >= 0.6 is 11.6 Å². The molecule has 1 heterocycles. The van der Waals surface area contributed by atoms with Crippen LogP contribution < -0.4 is 0 Å². The number of nitrogens with zero attached hydrogens (tertiary/aromatic N) is 1. The van der Waals surface area contributed by atoms with Gasteiger partial charge in [-0.1, -0.05) is 53.1 Å². The van der Waals surface area contributed by atoms with Gasteiger partial charge in [0.2, 0.25) is 0 Å². The molecule has 0 amide bonds. The molecule has 0 saturated heterocycles. The van der Waals surface area contributed by atoms with Crippen molar-refractivity contribution in [2.24, 2.45) is 0 Å². The molecule has 0 bridgehead atoms. The first-order chi connectivity index (χ1) is 7.58. The van der Waals surface area contributed by atoms with E-state index >= 15 is 0 Å². The zero-order chi connectivity index (χ0) is 12.0. The predicted molar refractivity (Wildman–Crippen MR) is 69.9 cm³/mol.